The largest absolute Gasteiger partial charge is 0.508 e. The Balaban J connectivity index is 2.70. The van der Waals surface area contributed by atoms with Crippen molar-refractivity contribution in [2.75, 3.05) is 0 Å². The van der Waals surface area contributed by atoms with Gasteiger partial charge in [-0.05, 0) is 41.8 Å². The van der Waals surface area contributed by atoms with E-state index < -0.39 is 5.97 Å². The predicted molar refractivity (Wildman–Crippen MR) is 65.2 cm³/mol. The lowest BCUT2D eigenvalue weighted by atomic mass is 9.95. The molecule has 0 aliphatic carbocycles. The van der Waals surface area contributed by atoms with Crippen LogP contribution in [0.25, 0.3) is 11.1 Å². The lowest BCUT2D eigenvalue weighted by Gasteiger charge is -2.10. The summed E-state index contributed by atoms with van der Waals surface area (Å²) in [4.78, 5) is 11.2. The zero-order valence-electron chi connectivity index (χ0n) is 9.34. The number of rotatable bonds is 2. The van der Waals surface area contributed by atoms with Gasteiger partial charge in [0.15, 0.2) is 0 Å². The van der Waals surface area contributed by atoms with Crippen molar-refractivity contribution in [2.45, 2.75) is 6.92 Å². The standard InChI is InChI=1S/C14H12O3/c1-9-4-2-7-12(14(16)17)13(9)10-5-3-6-11(15)8-10/h2-8,15H,1H3,(H,16,17). The molecule has 3 heteroatoms. The van der Waals surface area contributed by atoms with E-state index in [0.29, 0.717) is 11.1 Å². The Hall–Kier alpha value is -2.29. The minimum atomic E-state index is -0.966. The Kier molecular flexibility index (Phi) is 2.83. The van der Waals surface area contributed by atoms with Gasteiger partial charge in [0.25, 0.3) is 0 Å². The topological polar surface area (TPSA) is 57.5 Å². The first-order chi connectivity index (χ1) is 8.09. The zero-order chi connectivity index (χ0) is 12.4. The minimum absolute atomic E-state index is 0.127. The lowest BCUT2D eigenvalue weighted by molar-refractivity contribution is 0.0697. The number of aryl methyl sites for hydroxylation is 1. The number of carbonyl (C=O) groups is 1. The van der Waals surface area contributed by atoms with Crippen LogP contribution in [-0.4, -0.2) is 16.2 Å². The number of aromatic hydroxyl groups is 1. The van der Waals surface area contributed by atoms with Gasteiger partial charge in [-0.15, -0.1) is 0 Å². The number of aromatic carboxylic acids is 1. The third kappa shape index (κ3) is 2.13. The molecule has 86 valence electrons. The van der Waals surface area contributed by atoms with E-state index in [1.807, 2.05) is 13.0 Å². The van der Waals surface area contributed by atoms with Crippen molar-refractivity contribution >= 4 is 5.97 Å². The molecule has 0 spiro atoms. The van der Waals surface area contributed by atoms with E-state index >= 15 is 0 Å². The van der Waals surface area contributed by atoms with Gasteiger partial charge >= 0.3 is 5.97 Å². The van der Waals surface area contributed by atoms with E-state index in [0.717, 1.165) is 5.56 Å². The Morgan fingerprint density at radius 3 is 2.47 bits per heavy atom. The van der Waals surface area contributed by atoms with E-state index in [-0.39, 0.29) is 11.3 Å². The Morgan fingerprint density at radius 2 is 1.82 bits per heavy atom. The molecule has 0 atom stereocenters. The van der Waals surface area contributed by atoms with Crippen molar-refractivity contribution in [3.05, 3.63) is 53.6 Å². The molecule has 0 bridgehead atoms. The number of phenolic OH excluding ortho intramolecular Hbond substituents is 1. The summed E-state index contributed by atoms with van der Waals surface area (Å²) in [5.74, 6) is -0.839. The molecule has 0 amide bonds. The normalized spacial score (nSPS) is 10.2. The smallest absolute Gasteiger partial charge is 0.336 e. The number of carboxylic acid groups (broad SMARTS) is 1. The van der Waals surface area contributed by atoms with E-state index in [2.05, 4.69) is 0 Å². The Morgan fingerprint density at radius 1 is 1.12 bits per heavy atom. The first-order valence-electron chi connectivity index (χ1n) is 5.22. The maximum Gasteiger partial charge on any atom is 0.336 e. The molecule has 2 rings (SSSR count). The predicted octanol–water partition coefficient (Wildman–Crippen LogP) is 3.07. The fourth-order valence-corrected chi connectivity index (χ4v) is 1.89. The Bertz CT molecular complexity index is 573. The molecule has 0 heterocycles. The lowest BCUT2D eigenvalue weighted by Crippen LogP contribution is -2.00. The third-order valence-electron chi connectivity index (χ3n) is 2.64. The summed E-state index contributed by atoms with van der Waals surface area (Å²) < 4.78 is 0. The second-order valence-corrected chi connectivity index (χ2v) is 3.85. The summed E-state index contributed by atoms with van der Waals surface area (Å²) in [5, 5.41) is 18.6. The second kappa shape index (κ2) is 4.29. The average Bonchev–Trinajstić information content (AvgIpc) is 2.28. The Labute approximate surface area is 99.0 Å². The van der Waals surface area contributed by atoms with Crippen LogP contribution in [0.15, 0.2) is 42.5 Å². The van der Waals surface area contributed by atoms with Crippen molar-refractivity contribution in [2.24, 2.45) is 0 Å². The van der Waals surface area contributed by atoms with Gasteiger partial charge < -0.3 is 10.2 Å². The summed E-state index contributed by atoms with van der Waals surface area (Å²) in [7, 11) is 0. The van der Waals surface area contributed by atoms with Gasteiger partial charge in [-0.1, -0.05) is 24.3 Å². The van der Waals surface area contributed by atoms with Gasteiger partial charge in [-0.2, -0.15) is 0 Å². The molecule has 0 aliphatic rings. The summed E-state index contributed by atoms with van der Waals surface area (Å²) in [6, 6.07) is 11.7. The third-order valence-corrected chi connectivity index (χ3v) is 2.64. The van der Waals surface area contributed by atoms with Gasteiger partial charge in [-0.3, -0.25) is 0 Å². The van der Waals surface area contributed by atoms with E-state index in [1.165, 1.54) is 0 Å². The molecule has 0 fully saturated rings. The van der Waals surface area contributed by atoms with Gasteiger partial charge in [0.05, 0.1) is 5.56 Å². The van der Waals surface area contributed by atoms with Crippen LogP contribution in [-0.2, 0) is 0 Å². The number of carboxylic acids is 1. The van der Waals surface area contributed by atoms with Crippen LogP contribution in [0.1, 0.15) is 15.9 Å². The zero-order valence-corrected chi connectivity index (χ0v) is 9.34. The molecule has 0 aromatic heterocycles. The first-order valence-corrected chi connectivity index (χ1v) is 5.22. The number of hydrogen-bond acceptors (Lipinski definition) is 2. The fourth-order valence-electron chi connectivity index (χ4n) is 1.89. The SMILES string of the molecule is Cc1cccc(C(=O)O)c1-c1cccc(O)c1. The van der Waals surface area contributed by atoms with Gasteiger partial charge in [0.2, 0.25) is 0 Å². The maximum absolute atomic E-state index is 11.2. The second-order valence-electron chi connectivity index (χ2n) is 3.85. The molecule has 0 saturated carbocycles. The summed E-state index contributed by atoms with van der Waals surface area (Å²) in [6.45, 7) is 1.85. The fraction of sp³-hybridized carbons (Fsp3) is 0.0714. The highest BCUT2D eigenvalue weighted by Gasteiger charge is 2.13. The maximum atomic E-state index is 11.2. The van der Waals surface area contributed by atoms with Crippen molar-refractivity contribution < 1.29 is 15.0 Å². The van der Waals surface area contributed by atoms with Crippen LogP contribution in [0.4, 0.5) is 0 Å². The molecule has 2 aromatic carbocycles. The monoisotopic (exact) mass is 228 g/mol. The van der Waals surface area contributed by atoms with E-state index in [4.69, 9.17) is 5.11 Å². The summed E-state index contributed by atoms with van der Waals surface area (Å²) in [6.07, 6.45) is 0. The van der Waals surface area contributed by atoms with Crippen LogP contribution >= 0.6 is 0 Å². The van der Waals surface area contributed by atoms with E-state index in [1.54, 1.807) is 36.4 Å². The van der Waals surface area contributed by atoms with Gasteiger partial charge in [-0.25, -0.2) is 4.79 Å². The molecular weight excluding hydrogens is 216 g/mol. The van der Waals surface area contributed by atoms with Crippen molar-refractivity contribution in [1.82, 2.24) is 0 Å². The molecule has 2 N–H and O–H groups in total. The van der Waals surface area contributed by atoms with Crippen molar-refractivity contribution in [3.8, 4) is 16.9 Å². The van der Waals surface area contributed by atoms with Crippen LogP contribution in [0.3, 0.4) is 0 Å². The highest BCUT2D eigenvalue weighted by Crippen LogP contribution is 2.29. The molecule has 0 unspecified atom stereocenters. The first kappa shape index (κ1) is 11.2. The van der Waals surface area contributed by atoms with Crippen LogP contribution in [0.2, 0.25) is 0 Å². The van der Waals surface area contributed by atoms with Gasteiger partial charge in [0, 0.05) is 0 Å². The van der Waals surface area contributed by atoms with Gasteiger partial charge in [0.1, 0.15) is 5.75 Å². The average molecular weight is 228 g/mol. The van der Waals surface area contributed by atoms with Crippen molar-refractivity contribution in [1.29, 1.82) is 0 Å². The van der Waals surface area contributed by atoms with Crippen LogP contribution in [0.5, 0.6) is 5.75 Å². The minimum Gasteiger partial charge on any atom is -0.508 e. The molecule has 0 saturated heterocycles. The molecule has 2 aromatic rings. The number of benzene rings is 2. The molecule has 17 heavy (non-hydrogen) atoms. The summed E-state index contributed by atoms with van der Waals surface area (Å²) in [5.41, 5.74) is 2.47. The van der Waals surface area contributed by atoms with Crippen LogP contribution < -0.4 is 0 Å². The molecular formula is C14H12O3. The van der Waals surface area contributed by atoms with E-state index in [9.17, 15) is 9.90 Å². The van der Waals surface area contributed by atoms with Crippen LogP contribution in [0, 0.1) is 6.92 Å². The highest BCUT2D eigenvalue weighted by molar-refractivity contribution is 5.97. The quantitative estimate of drug-likeness (QED) is 0.830. The molecule has 0 aliphatic heterocycles. The highest BCUT2D eigenvalue weighted by atomic mass is 16.4. The number of phenols is 1. The summed E-state index contributed by atoms with van der Waals surface area (Å²) >= 11 is 0. The van der Waals surface area contributed by atoms with Crippen molar-refractivity contribution in [3.63, 3.8) is 0 Å². The molecule has 3 nitrogen and oxygen atoms in total. The number of hydrogen-bond donors (Lipinski definition) is 2. The molecule has 0 radical (unpaired) electrons.